The largest absolute Gasteiger partial charge is 0.336 e. The number of likely N-dealkylation sites (N-methyl/N-ethyl adjacent to an activating group) is 1. The number of rotatable bonds is 6. The Morgan fingerprint density at radius 3 is 2.12 bits per heavy atom. The molecule has 134 valence electrons. The van der Waals surface area contributed by atoms with E-state index in [1.54, 1.807) is 26.1 Å². The van der Waals surface area contributed by atoms with Crippen molar-refractivity contribution in [2.75, 3.05) is 18.9 Å². The topological polar surface area (TPSA) is 75.4 Å². The van der Waals surface area contributed by atoms with E-state index in [1.165, 1.54) is 4.90 Å². The van der Waals surface area contributed by atoms with Crippen LogP contribution in [0.5, 0.6) is 0 Å². The molecule has 0 aromatic heterocycles. The Labute approximate surface area is 154 Å². The fourth-order valence-corrected chi connectivity index (χ4v) is 2.48. The quantitative estimate of drug-likeness (QED) is 0.830. The normalized spacial score (nSPS) is 12.4. The van der Waals surface area contributed by atoms with Gasteiger partial charge in [0.25, 0.3) is 0 Å². The summed E-state index contributed by atoms with van der Waals surface area (Å²) in [6, 6.07) is 18.2. The average Bonchev–Trinajstić information content (AvgIpc) is 2.61. The molecule has 0 saturated heterocycles. The van der Waals surface area contributed by atoms with Gasteiger partial charge in [-0.1, -0.05) is 55.5 Å². The lowest BCUT2D eigenvalue weighted by molar-refractivity contribution is -0.137. The van der Waals surface area contributed by atoms with E-state index in [4.69, 9.17) is 5.73 Å². The maximum absolute atomic E-state index is 12.5. The SMILES string of the molecule is CC(C(=O)N(C)CC(=O)Nc1ccccc1)C(N)c1ccccc1.Cl. The lowest BCUT2D eigenvalue weighted by atomic mass is 9.94. The molecule has 2 aromatic rings. The number of hydrogen-bond donors (Lipinski definition) is 2. The predicted octanol–water partition coefficient (Wildman–Crippen LogP) is 2.84. The van der Waals surface area contributed by atoms with Crippen LogP contribution in [-0.4, -0.2) is 30.3 Å². The highest BCUT2D eigenvalue weighted by molar-refractivity contribution is 5.94. The number of hydrogen-bond acceptors (Lipinski definition) is 3. The third kappa shape index (κ3) is 5.89. The Hall–Kier alpha value is -2.37. The standard InChI is InChI=1S/C19H23N3O2.ClH/c1-14(18(20)15-9-5-3-6-10-15)19(24)22(2)13-17(23)21-16-11-7-4-8-12-16;/h3-12,14,18H,13,20H2,1-2H3,(H,21,23);1H. The van der Waals surface area contributed by atoms with E-state index in [0.717, 1.165) is 5.56 Å². The average molecular weight is 362 g/mol. The summed E-state index contributed by atoms with van der Waals surface area (Å²) in [4.78, 5) is 26.0. The van der Waals surface area contributed by atoms with E-state index in [1.807, 2.05) is 48.5 Å². The third-order valence-electron chi connectivity index (χ3n) is 3.93. The highest BCUT2D eigenvalue weighted by atomic mass is 35.5. The second-order valence-corrected chi connectivity index (χ2v) is 5.83. The predicted molar refractivity (Wildman–Crippen MR) is 102 cm³/mol. The van der Waals surface area contributed by atoms with E-state index in [9.17, 15) is 9.59 Å². The Bertz CT molecular complexity index is 680. The minimum Gasteiger partial charge on any atom is -0.336 e. The van der Waals surface area contributed by atoms with Crippen molar-refractivity contribution in [1.82, 2.24) is 4.90 Å². The number of nitrogens with one attached hydrogen (secondary N) is 1. The van der Waals surface area contributed by atoms with E-state index in [2.05, 4.69) is 5.32 Å². The molecule has 5 nitrogen and oxygen atoms in total. The first-order valence-electron chi connectivity index (χ1n) is 7.89. The van der Waals surface area contributed by atoms with Gasteiger partial charge in [0, 0.05) is 18.8 Å². The van der Waals surface area contributed by atoms with Gasteiger partial charge < -0.3 is 16.0 Å². The molecule has 0 aliphatic carbocycles. The highest BCUT2D eigenvalue weighted by Crippen LogP contribution is 2.20. The van der Waals surface area contributed by atoms with E-state index < -0.39 is 12.0 Å². The number of amides is 2. The van der Waals surface area contributed by atoms with Gasteiger partial charge in [-0.15, -0.1) is 12.4 Å². The molecule has 2 unspecified atom stereocenters. The van der Waals surface area contributed by atoms with Gasteiger partial charge in [-0.3, -0.25) is 9.59 Å². The molecule has 25 heavy (non-hydrogen) atoms. The zero-order valence-corrected chi connectivity index (χ0v) is 15.2. The third-order valence-corrected chi connectivity index (χ3v) is 3.93. The summed E-state index contributed by atoms with van der Waals surface area (Å²) < 4.78 is 0. The summed E-state index contributed by atoms with van der Waals surface area (Å²) in [7, 11) is 1.61. The van der Waals surface area contributed by atoms with Crippen LogP contribution < -0.4 is 11.1 Å². The van der Waals surface area contributed by atoms with Gasteiger partial charge >= 0.3 is 0 Å². The van der Waals surface area contributed by atoms with Crippen molar-refractivity contribution in [3.8, 4) is 0 Å². The molecule has 6 heteroatoms. The van der Waals surface area contributed by atoms with Crippen molar-refractivity contribution in [2.45, 2.75) is 13.0 Å². The number of halogens is 1. The van der Waals surface area contributed by atoms with Crippen LogP contribution in [0.1, 0.15) is 18.5 Å². The van der Waals surface area contributed by atoms with Crippen molar-refractivity contribution >= 4 is 29.9 Å². The first kappa shape index (κ1) is 20.7. The van der Waals surface area contributed by atoms with Gasteiger partial charge in [0.2, 0.25) is 11.8 Å². The van der Waals surface area contributed by atoms with E-state index in [0.29, 0.717) is 5.69 Å². The van der Waals surface area contributed by atoms with Crippen LogP contribution in [-0.2, 0) is 9.59 Å². The van der Waals surface area contributed by atoms with Crippen LogP contribution in [0, 0.1) is 5.92 Å². The second-order valence-electron chi connectivity index (χ2n) is 5.83. The molecule has 0 aliphatic heterocycles. The number of carbonyl (C=O) groups is 2. The summed E-state index contributed by atoms with van der Waals surface area (Å²) in [5, 5.41) is 2.76. The molecule has 2 rings (SSSR count). The zero-order chi connectivity index (χ0) is 17.5. The maximum Gasteiger partial charge on any atom is 0.243 e. The van der Waals surface area contributed by atoms with E-state index >= 15 is 0 Å². The Kier molecular flexibility index (Phi) is 8.11. The Morgan fingerprint density at radius 1 is 1.04 bits per heavy atom. The van der Waals surface area contributed by atoms with Crippen LogP contribution in [0.25, 0.3) is 0 Å². The summed E-state index contributed by atoms with van der Waals surface area (Å²) >= 11 is 0. The van der Waals surface area contributed by atoms with Crippen molar-refractivity contribution in [2.24, 2.45) is 11.7 Å². The van der Waals surface area contributed by atoms with Crippen LogP contribution in [0.4, 0.5) is 5.69 Å². The summed E-state index contributed by atoms with van der Waals surface area (Å²) in [6.07, 6.45) is 0. The lowest BCUT2D eigenvalue weighted by Gasteiger charge is -2.25. The molecular weight excluding hydrogens is 338 g/mol. The molecule has 2 aromatic carbocycles. The second kappa shape index (κ2) is 9.81. The van der Waals surface area contributed by atoms with Crippen LogP contribution >= 0.6 is 12.4 Å². The smallest absolute Gasteiger partial charge is 0.243 e. The molecule has 2 atom stereocenters. The van der Waals surface area contributed by atoms with Gasteiger partial charge in [0.1, 0.15) is 0 Å². The molecule has 0 radical (unpaired) electrons. The number of nitrogens with zero attached hydrogens (tertiary/aromatic N) is 1. The first-order chi connectivity index (χ1) is 11.5. The van der Waals surface area contributed by atoms with Gasteiger partial charge in [0.05, 0.1) is 12.5 Å². The minimum absolute atomic E-state index is 0. The minimum atomic E-state index is -0.415. The molecule has 3 N–H and O–H groups in total. The van der Waals surface area contributed by atoms with Gasteiger partial charge in [-0.05, 0) is 17.7 Å². The Morgan fingerprint density at radius 2 is 1.56 bits per heavy atom. The van der Waals surface area contributed by atoms with Crippen LogP contribution in [0.3, 0.4) is 0 Å². The molecule has 2 amide bonds. The van der Waals surface area contributed by atoms with E-state index in [-0.39, 0.29) is 30.8 Å². The maximum atomic E-state index is 12.5. The van der Waals surface area contributed by atoms with Crippen molar-refractivity contribution in [3.05, 3.63) is 66.2 Å². The first-order valence-corrected chi connectivity index (χ1v) is 7.89. The number of benzene rings is 2. The molecule has 0 bridgehead atoms. The summed E-state index contributed by atoms with van der Waals surface area (Å²) in [5.74, 6) is -0.811. The monoisotopic (exact) mass is 361 g/mol. The summed E-state index contributed by atoms with van der Waals surface area (Å²) in [5.41, 5.74) is 7.79. The van der Waals surface area contributed by atoms with Crippen LogP contribution in [0.15, 0.2) is 60.7 Å². The molecule has 0 aliphatic rings. The summed E-state index contributed by atoms with van der Waals surface area (Å²) in [6.45, 7) is 1.77. The fraction of sp³-hybridized carbons (Fsp3) is 0.263. The molecule has 0 spiro atoms. The van der Waals surface area contributed by atoms with Crippen molar-refractivity contribution < 1.29 is 9.59 Å². The number of nitrogens with two attached hydrogens (primary N) is 1. The zero-order valence-electron chi connectivity index (χ0n) is 14.4. The van der Waals surface area contributed by atoms with Gasteiger partial charge in [-0.2, -0.15) is 0 Å². The number of para-hydroxylation sites is 1. The fourth-order valence-electron chi connectivity index (χ4n) is 2.48. The molecular formula is C19H24ClN3O2. The lowest BCUT2D eigenvalue weighted by Crippen LogP contribution is -2.41. The highest BCUT2D eigenvalue weighted by Gasteiger charge is 2.25. The van der Waals surface area contributed by atoms with Gasteiger partial charge in [0.15, 0.2) is 0 Å². The molecule has 0 fully saturated rings. The number of carbonyl (C=O) groups excluding carboxylic acids is 2. The molecule has 0 saturated carbocycles. The van der Waals surface area contributed by atoms with Crippen LogP contribution in [0.2, 0.25) is 0 Å². The van der Waals surface area contributed by atoms with Crippen molar-refractivity contribution in [1.29, 1.82) is 0 Å². The van der Waals surface area contributed by atoms with Crippen molar-refractivity contribution in [3.63, 3.8) is 0 Å². The number of anilines is 1. The molecule has 0 heterocycles. The van der Waals surface area contributed by atoms with Gasteiger partial charge in [-0.25, -0.2) is 0 Å². The Balaban J connectivity index is 0.00000312.